The molecule has 0 spiro atoms. The first kappa shape index (κ1) is 20.4. The number of carbonyl (C=O) groups is 2. The van der Waals surface area contributed by atoms with E-state index in [1.54, 1.807) is 0 Å². The van der Waals surface area contributed by atoms with Crippen LogP contribution < -0.4 is 5.32 Å². The van der Waals surface area contributed by atoms with E-state index in [1.165, 1.54) is 28.6 Å². The largest absolute Gasteiger partial charge is 0.480 e. The second kappa shape index (κ2) is 8.64. The van der Waals surface area contributed by atoms with Gasteiger partial charge in [-0.05, 0) is 50.5 Å². The van der Waals surface area contributed by atoms with E-state index in [4.69, 9.17) is 5.11 Å². The van der Waals surface area contributed by atoms with Crippen molar-refractivity contribution in [3.63, 3.8) is 0 Å². The number of nitrogens with zero attached hydrogens (tertiary/aromatic N) is 1. The normalized spacial score (nSPS) is 19.7. The van der Waals surface area contributed by atoms with E-state index in [2.05, 4.69) is 5.32 Å². The van der Waals surface area contributed by atoms with Crippen LogP contribution in [-0.2, 0) is 14.8 Å². The molecule has 0 aliphatic carbocycles. The highest BCUT2D eigenvalue weighted by molar-refractivity contribution is 7.89. The Balaban J connectivity index is 2.14. The Bertz CT molecular complexity index is 745. The first-order chi connectivity index (χ1) is 12.3. The van der Waals surface area contributed by atoms with Crippen LogP contribution in [0.4, 0.5) is 0 Å². The van der Waals surface area contributed by atoms with Crippen molar-refractivity contribution < 1.29 is 23.1 Å². The van der Waals surface area contributed by atoms with Gasteiger partial charge >= 0.3 is 5.97 Å². The average molecular weight is 382 g/mol. The van der Waals surface area contributed by atoms with Crippen LogP contribution in [0.1, 0.15) is 56.3 Å². The molecular weight excluding hydrogens is 356 g/mol. The number of hydrogen-bond acceptors (Lipinski definition) is 4. The zero-order chi connectivity index (χ0) is 19.3. The first-order valence-electron chi connectivity index (χ1n) is 8.93. The third-order valence-electron chi connectivity index (χ3n) is 4.65. The minimum absolute atomic E-state index is 0.0397. The van der Waals surface area contributed by atoms with Gasteiger partial charge in [0.2, 0.25) is 10.0 Å². The van der Waals surface area contributed by atoms with Crippen LogP contribution in [0.15, 0.2) is 29.2 Å². The second-order valence-corrected chi connectivity index (χ2v) is 8.53. The van der Waals surface area contributed by atoms with Gasteiger partial charge in [-0.3, -0.25) is 4.79 Å². The highest BCUT2D eigenvalue weighted by Gasteiger charge is 2.31. The van der Waals surface area contributed by atoms with Gasteiger partial charge in [0.15, 0.2) is 0 Å². The SMILES string of the molecule is CCCC(NC(=O)c1ccc(S(=O)(=O)N2CCCCC2C)cc1)C(=O)O. The molecule has 1 aromatic rings. The van der Waals surface area contributed by atoms with E-state index in [-0.39, 0.29) is 16.5 Å². The number of aliphatic carboxylic acids is 1. The zero-order valence-corrected chi connectivity index (χ0v) is 16.0. The minimum atomic E-state index is -3.59. The summed E-state index contributed by atoms with van der Waals surface area (Å²) < 4.78 is 27.1. The number of rotatable bonds is 7. The molecule has 2 N–H and O–H groups in total. The Labute approximate surface area is 154 Å². The number of sulfonamides is 1. The summed E-state index contributed by atoms with van der Waals surface area (Å²) in [6, 6.07) is 4.65. The fraction of sp³-hybridized carbons (Fsp3) is 0.556. The van der Waals surface area contributed by atoms with E-state index < -0.39 is 27.9 Å². The van der Waals surface area contributed by atoms with Gasteiger partial charge in [0.25, 0.3) is 5.91 Å². The summed E-state index contributed by atoms with van der Waals surface area (Å²) >= 11 is 0. The van der Waals surface area contributed by atoms with Crippen molar-refractivity contribution >= 4 is 21.9 Å². The van der Waals surface area contributed by atoms with Crippen molar-refractivity contribution in [1.82, 2.24) is 9.62 Å². The Morgan fingerprint density at radius 1 is 1.27 bits per heavy atom. The molecule has 144 valence electrons. The lowest BCUT2D eigenvalue weighted by Crippen LogP contribution is -2.42. The lowest BCUT2D eigenvalue weighted by molar-refractivity contribution is -0.139. The number of carboxylic acid groups (broad SMARTS) is 1. The third kappa shape index (κ3) is 4.62. The predicted molar refractivity (Wildman–Crippen MR) is 97.4 cm³/mol. The van der Waals surface area contributed by atoms with Crippen molar-refractivity contribution in [2.24, 2.45) is 0 Å². The molecule has 2 atom stereocenters. The van der Waals surface area contributed by atoms with Crippen LogP contribution in [0, 0.1) is 0 Å². The molecule has 0 radical (unpaired) electrons. The highest BCUT2D eigenvalue weighted by atomic mass is 32.2. The zero-order valence-electron chi connectivity index (χ0n) is 15.1. The summed E-state index contributed by atoms with van der Waals surface area (Å²) in [5.74, 6) is -1.61. The topological polar surface area (TPSA) is 104 Å². The van der Waals surface area contributed by atoms with E-state index >= 15 is 0 Å². The molecule has 1 aliphatic rings. The molecule has 1 fully saturated rings. The Kier molecular flexibility index (Phi) is 6.77. The molecular formula is C18H26N2O5S. The Hall–Kier alpha value is -1.93. The van der Waals surface area contributed by atoms with E-state index in [0.29, 0.717) is 19.4 Å². The first-order valence-corrected chi connectivity index (χ1v) is 10.4. The van der Waals surface area contributed by atoms with Gasteiger partial charge in [-0.1, -0.05) is 19.8 Å². The molecule has 1 aliphatic heterocycles. The highest BCUT2D eigenvalue weighted by Crippen LogP contribution is 2.25. The van der Waals surface area contributed by atoms with Gasteiger partial charge in [0, 0.05) is 18.2 Å². The standard InChI is InChI=1S/C18H26N2O5S/c1-3-6-16(18(22)23)19-17(21)14-8-10-15(11-9-14)26(24,25)20-12-5-4-7-13(20)2/h8-11,13,16H,3-7,12H2,1-2H3,(H,19,21)(H,22,23). The summed E-state index contributed by atoms with van der Waals surface area (Å²) in [5.41, 5.74) is 0.234. The second-order valence-electron chi connectivity index (χ2n) is 6.64. The predicted octanol–water partition coefficient (Wildman–Crippen LogP) is 2.23. The van der Waals surface area contributed by atoms with Crippen LogP contribution in [0.5, 0.6) is 0 Å². The number of carbonyl (C=O) groups excluding carboxylic acids is 1. The molecule has 0 bridgehead atoms. The maximum atomic E-state index is 12.8. The molecule has 26 heavy (non-hydrogen) atoms. The van der Waals surface area contributed by atoms with Gasteiger partial charge < -0.3 is 10.4 Å². The monoisotopic (exact) mass is 382 g/mol. The van der Waals surface area contributed by atoms with Crippen molar-refractivity contribution in [3.8, 4) is 0 Å². The number of benzene rings is 1. The van der Waals surface area contributed by atoms with E-state index in [9.17, 15) is 18.0 Å². The Morgan fingerprint density at radius 2 is 1.92 bits per heavy atom. The van der Waals surface area contributed by atoms with Crippen LogP contribution in [0.2, 0.25) is 0 Å². The van der Waals surface area contributed by atoms with Crippen LogP contribution in [0.3, 0.4) is 0 Å². The number of nitrogens with one attached hydrogen (secondary N) is 1. The maximum Gasteiger partial charge on any atom is 0.326 e. The summed E-state index contributed by atoms with van der Waals surface area (Å²) in [6.07, 6.45) is 3.67. The van der Waals surface area contributed by atoms with Gasteiger partial charge in [0.1, 0.15) is 6.04 Å². The maximum absolute atomic E-state index is 12.8. The van der Waals surface area contributed by atoms with Gasteiger partial charge in [0.05, 0.1) is 4.90 Å². The molecule has 2 rings (SSSR count). The summed E-state index contributed by atoms with van der Waals surface area (Å²) in [5, 5.41) is 11.6. The number of hydrogen-bond donors (Lipinski definition) is 2. The number of amides is 1. The van der Waals surface area contributed by atoms with Crippen molar-refractivity contribution in [1.29, 1.82) is 0 Å². The molecule has 0 aromatic heterocycles. The number of carboxylic acids is 1. The van der Waals surface area contributed by atoms with Gasteiger partial charge in [-0.15, -0.1) is 0 Å². The summed E-state index contributed by atoms with van der Waals surface area (Å²) in [7, 11) is -3.59. The average Bonchev–Trinajstić information content (AvgIpc) is 2.61. The minimum Gasteiger partial charge on any atom is -0.480 e. The van der Waals surface area contributed by atoms with Gasteiger partial charge in [-0.25, -0.2) is 13.2 Å². The van der Waals surface area contributed by atoms with Crippen molar-refractivity contribution in [3.05, 3.63) is 29.8 Å². The lowest BCUT2D eigenvalue weighted by atomic mass is 10.1. The molecule has 7 nitrogen and oxygen atoms in total. The Morgan fingerprint density at radius 3 is 2.46 bits per heavy atom. The molecule has 1 amide bonds. The van der Waals surface area contributed by atoms with Crippen LogP contribution in [-0.4, -0.2) is 48.3 Å². The van der Waals surface area contributed by atoms with Crippen molar-refractivity contribution in [2.45, 2.75) is 62.9 Å². The third-order valence-corrected chi connectivity index (χ3v) is 6.67. The molecule has 1 saturated heterocycles. The van der Waals surface area contributed by atoms with Crippen molar-refractivity contribution in [2.75, 3.05) is 6.54 Å². The molecule has 2 unspecified atom stereocenters. The fourth-order valence-corrected chi connectivity index (χ4v) is 4.83. The fourth-order valence-electron chi connectivity index (χ4n) is 3.13. The molecule has 0 saturated carbocycles. The summed E-state index contributed by atoms with van der Waals surface area (Å²) in [4.78, 5) is 23.5. The number of piperidine rings is 1. The van der Waals surface area contributed by atoms with Gasteiger partial charge in [-0.2, -0.15) is 4.31 Å². The van der Waals surface area contributed by atoms with E-state index in [1.807, 2.05) is 13.8 Å². The van der Waals surface area contributed by atoms with Crippen LogP contribution >= 0.6 is 0 Å². The van der Waals surface area contributed by atoms with E-state index in [0.717, 1.165) is 19.3 Å². The molecule has 1 heterocycles. The molecule has 1 aromatic carbocycles. The smallest absolute Gasteiger partial charge is 0.326 e. The summed E-state index contributed by atoms with van der Waals surface area (Å²) in [6.45, 7) is 4.24. The quantitative estimate of drug-likeness (QED) is 0.753. The van der Waals surface area contributed by atoms with Crippen LogP contribution in [0.25, 0.3) is 0 Å². The lowest BCUT2D eigenvalue weighted by Gasteiger charge is -2.32. The molecule has 8 heteroatoms.